The predicted octanol–water partition coefficient (Wildman–Crippen LogP) is 2.27. The lowest BCUT2D eigenvalue weighted by Gasteiger charge is -2.15. The molecule has 13 heavy (non-hydrogen) atoms. The van der Waals surface area contributed by atoms with E-state index in [0.717, 1.165) is 16.8 Å². The quantitative estimate of drug-likeness (QED) is 0.684. The molecule has 0 aliphatic carbocycles. The van der Waals surface area contributed by atoms with Crippen LogP contribution in [0.5, 0.6) is 0 Å². The summed E-state index contributed by atoms with van der Waals surface area (Å²) < 4.78 is 0. The highest BCUT2D eigenvalue weighted by Crippen LogP contribution is 2.24. The minimum Gasteiger partial charge on any atom is -0.399 e. The van der Waals surface area contributed by atoms with Crippen molar-refractivity contribution in [1.29, 1.82) is 0 Å². The zero-order chi connectivity index (χ0) is 10.0. The van der Waals surface area contributed by atoms with Gasteiger partial charge in [-0.25, -0.2) is 0 Å². The van der Waals surface area contributed by atoms with Crippen LogP contribution in [-0.4, -0.2) is 5.11 Å². The minimum atomic E-state index is -0.415. The van der Waals surface area contributed by atoms with Crippen LogP contribution in [0.1, 0.15) is 31.1 Å². The normalized spacial score (nSPS) is 13.3. The van der Waals surface area contributed by atoms with E-state index in [1.54, 1.807) is 0 Å². The van der Waals surface area contributed by atoms with E-state index in [4.69, 9.17) is 5.73 Å². The van der Waals surface area contributed by atoms with Gasteiger partial charge in [0, 0.05) is 5.69 Å². The van der Waals surface area contributed by atoms with Gasteiger partial charge in [0.1, 0.15) is 0 Å². The molecule has 0 bridgehead atoms. The van der Waals surface area contributed by atoms with Gasteiger partial charge in [0.15, 0.2) is 0 Å². The first kappa shape index (κ1) is 10.1. The molecule has 2 nitrogen and oxygen atoms in total. The van der Waals surface area contributed by atoms with Crippen LogP contribution in [0.2, 0.25) is 0 Å². The lowest BCUT2D eigenvalue weighted by molar-refractivity contribution is 0.127. The Bertz CT molecular complexity index is 274. The second-order valence-corrected chi connectivity index (χ2v) is 3.87. The lowest BCUT2D eigenvalue weighted by atomic mass is 9.97. The Balaban J connectivity index is 3.01. The maximum atomic E-state index is 9.79. The summed E-state index contributed by atoms with van der Waals surface area (Å²) >= 11 is 0. The van der Waals surface area contributed by atoms with Gasteiger partial charge in [-0.2, -0.15) is 0 Å². The summed E-state index contributed by atoms with van der Waals surface area (Å²) in [5.74, 6) is 0.223. The fraction of sp³-hybridized carbons (Fsp3) is 0.455. The Morgan fingerprint density at radius 1 is 1.23 bits per heavy atom. The molecule has 0 saturated carbocycles. The summed E-state index contributed by atoms with van der Waals surface area (Å²) in [7, 11) is 0. The molecule has 1 unspecified atom stereocenters. The fourth-order valence-corrected chi connectivity index (χ4v) is 1.40. The molecule has 0 aliphatic heterocycles. The second kappa shape index (κ2) is 3.79. The monoisotopic (exact) mass is 179 g/mol. The molecule has 0 heterocycles. The molecule has 1 aromatic rings. The maximum absolute atomic E-state index is 9.79. The van der Waals surface area contributed by atoms with E-state index in [-0.39, 0.29) is 5.92 Å². The van der Waals surface area contributed by atoms with E-state index in [0.29, 0.717) is 0 Å². The topological polar surface area (TPSA) is 46.2 Å². The van der Waals surface area contributed by atoms with Crippen molar-refractivity contribution in [2.75, 3.05) is 5.73 Å². The zero-order valence-electron chi connectivity index (χ0n) is 8.41. The van der Waals surface area contributed by atoms with Gasteiger partial charge in [-0.05, 0) is 36.1 Å². The Morgan fingerprint density at radius 3 is 2.31 bits per heavy atom. The smallest absolute Gasteiger partial charge is 0.0813 e. The summed E-state index contributed by atoms with van der Waals surface area (Å²) in [6, 6.07) is 5.70. The first-order valence-corrected chi connectivity index (χ1v) is 4.56. The summed E-state index contributed by atoms with van der Waals surface area (Å²) in [5, 5.41) is 9.79. The van der Waals surface area contributed by atoms with Crippen molar-refractivity contribution in [2.24, 2.45) is 5.92 Å². The zero-order valence-corrected chi connectivity index (χ0v) is 8.41. The van der Waals surface area contributed by atoms with Gasteiger partial charge < -0.3 is 10.8 Å². The number of rotatable bonds is 2. The molecule has 0 aliphatic rings. The second-order valence-electron chi connectivity index (χ2n) is 3.87. The van der Waals surface area contributed by atoms with Crippen molar-refractivity contribution in [3.8, 4) is 0 Å². The number of aryl methyl sites for hydroxylation is 1. The summed E-state index contributed by atoms with van der Waals surface area (Å²) in [6.07, 6.45) is -0.415. The number of anilines is 1. The highest BCUT2D eigenvalue weighted by atomic mass is 16.3. The first-order chi connectivity index (χ1) is 6.00. The Kier molecular flexibility index (Phi) is 2.94. The Morgan fingerprint density at radius 2 is 1.85 bits per heavy atom. The van der Waals surface area contributed by atoms with Crippen LogP contribution in [-0.2, 0) is 0 Å². The van der Waals surface area contributed by atoms with Gasteiger partial charge in [0.25, 0.3) is 0 Å². The van der Waals surface area contributed by atoms with Gasteiger partial charge in [-0.3, -0.25) is 0 Å². The van der Waals surface area contributed by atoms with E-state index >= 15 is 0 Å². The Labute approximate surface area is 79.4 Å². The molecular weight excluding hydrogens is 162 g/mol. The summed E-state index contributed by atoms with van der Waals surface area (Å²) in [6.45, 7) is 5.96. The number of benzene rings is 1. The number of aliphatic hydroxyl groups excluding tert-OH is 1. The van der Waals surface area contributed by atoms with Crippen LogP contribution in [0, 0.1) is 12.8 Å². The van der Waals surface area contributed by atoms with Gasteiger partial charge >= 0.3 is 0 Å². The van der Waals surface area contributed by atoms with Crippen molar-refractivity contribution in [1.82, 2.24) is 0 Å². The largest absolute Gasteiger partial charge is 0.399 e. The van der Waals surface area contributed by atoms with Crippen LogP contribution in [0.4, 0.5) is 5.69 Å². The molecule has 0 saturated heterocycles. The van der Waals surface area contributed by atoms with E-state index in [9.17, 15) is 5.11 Å². The molecule has 72 valence electrons. The molecule has 0 aromatic heterocycles. The average Bonchev–Trinajstić information content (AvgIpc) is 2.01. The van der Waals surface area contributed by atoms with Crippen LogP contribution >= 0.6 is 0 Å². The first-order valence-electron chi connectivity index (χ1n) is 4.56. The summed E-state index contributed by atoms with van der Waals surface area (Å²) in [4.78, 5) is 0. The third kappa shape index (κ3) is 2.46. The van der Waals surface area contributed by atoms with Crippen LogP contribution in [0.3, 0.4) is 0 Å². The highest BCUT2D eigenvalue weighted by molar-refractivity contribution is 5.45. The molecule has 1 atom stereocenters. The number of aliphatic hydroxyl groups is 1. The number of nitrogen functional groups attached to an aromatic ring is 1. The molecular formula is C11H17NO. The molecule has 0 fully saturated rings. The molecule has 1 rings (SSSR count). The SMILES string of the molecule is Cc1cc(N)cc(C(O)C(C)C)c1. The molecule has 0 radical (unpaired) electrons. The van der Waals surface area contributed by atoms with Gasteiger partial charge in [0.05, 0.1) is 6.10 Å². The average molecular weight is 179 g/mol. The highest BCUT2D eigenvalue weighted by Gasteiger charge is 2.12. The Hall–Kier alpha value is -1.02. The summed E-state index contributed by atoms with van der Waals surface area (Å²) in [5.41, 5.74) is 8.41. The van der Waals surface area contributed by atoms with Crippen molar-refractivity contribution in [2.45, 2.75) is 26.9 Å². The van der Waals surface area contributed by atoms with Gasteiger partial charge in [-0.1, -0.05) is 19.9 Å². The molecule has 3 N–H and O–H groups in total. The van der Waals surface area contributed by atoms with Crippen molar-refractivity contribution in [3.63, 3.8) is 0 Å². The third-order valence-corrected chi connectivity index (χ3v) is 2.10. The number of hydrogen-bond acceptors (Lipinski definition) is 2. The lowest BCUT2D eigenvalue weighted by Crippen LogP contribution is -2.06. The van der Waals surface area contributed by atoms with Gasteiger partial charge in [0.2, 0.25) is 0 Å². The van der Waals surface area contributed by atoms with E-state index < -0.39 is 6.10 Å². The van der Waals surface area contributed by atoms with Crippen molar-refractivity contribution in [3.05, 3.63) is 29.3 Å². The van der Waals surface area contributed by atoms with E-state index in [1.807, 2.05) is 39.0 Å². The van der Waals surface area contributed by atoms with Crippen molar-refractivity contribution < 1.29 is 5.11 Å². The maximum Gasteiger partial charge on any atom is 0.0813 e. The van der Waals surface area contributed by atoms with Crippen LogP contribution in [0.25, 0.3) is 0 Å². The van der Waals surface area contributed by atoms with E-state index in [1.165, 1.54) is 0 Å². The molecule has 2 heteroatoms. The predicted molar refractivity (Wildman–Crippen MR) is 55.4 cm³/mol. The fourth-order valence-electron chi connectivity index (χ4n) is 1.40. The van der Waals surface area contributed by atoms with Crippen molar-refractivity contribution >= 4 is 5.69 Å². The molecule has 0 amide bonds. The van der Waals surface area contributed by atoms with E-state index in [2.05, 4.69) is 0 Å². The standard InChI is InChI=1S/C11H17NO/c1-7(2)11(13)9-4-8(3)5-10(12)6-9/h4-7,11,13H,12H2,1-3H3. The minimum absolute atomic E-state index is 0.223. The van der Waals surface area contributed by atoms with Gasteiger partial charge in [-0.15, -0.1) is 0 Å². The number of nitrogens with two attached hydrogens (primary N) is 1. The number of hydrogen-bond donors (Lipinski definition) is 2. The van der Waals surface area contributed by atoms with Crippen LogP contribution in [0.15, 0.2) is 18.2 Å². The molecule has 0 spiro atoms. The van der Waals surface area contributed by atoms with Crippen LogP contribution < -0.4 is 5.73 Å². The molecule has 1 aromatic carbocycles. The third-order valence-electron chi connectivity index (χ3n) is 2.10.